The molecule has 1 heterocycles. The van der Waals surface area contributed by atoms with E-state index in [1.165, 1.54) is 11.8 Å². The lowest BCUT2D eigenvalue weighted by Gasteiger charge is -2.08. The quantitative estimate of drug-likeness (QED) is 0.877. The molecule has 0 aliphatic carbocycles. The highest BCUT2D eigenvalue weighted by Crippen LogP contribution is 2.26. The first-order valence-corrected chi connectivity index (χ1v) is 7.01. The summed E-state index contributed by atoms with van der Waals surface area (Å²) in [6.45, 7) is 1.89. The fourth-order valence-electron chi connectivity index (χ4n) is 1.52. The summed E-state index contributed by atoms with van der Waals surface area (Å²) in [7, 11) is 0. The zero-order valence-electron chi connectivity index (χ0n) is 9.63. The van der Waals surface area contributed by atoms with E-state index < -0.39 is 5.97 Å². The van der Waals surface area contributed by atoms with Gasteiger partial charge in [0.05, 0.1) is 17.1 Å². The summed E-state index contributed by atoms with van der Waals surface area (Å²) in [5.41, 5.74) is 1.81. The molecule has 0 radical (unpaired) electrons. The summed E-state index contributed by atoms with van der Waals surface area (Å²) >= 11 is 4.69. The van der Waals surface area contributed by atoms with Crippen molar-refractivity contribution in [3.05, 3.63) is 40.6 Å². The average molecular weight is 327 g/mol. The van der Waals surface area contributed by atoms with Crippen molar-refractivity contribution in [1.29, 1.82) is 0 Å². The molecule has 0 aliphatic rings. The molecule has 4 nitrogen and oxygen atoms in total. The molecule has 2 rings (SSSR count). The maximum Gasteiger partial charge on any atom is 0.313 e. The number of aliphatic carboxylic acids is 1. The number of para-hydroxylation sites is 1. The SMILES string of the molecule is Cc1cn(-c2ccccc2Br)c(SCC(=O)O)n1. The molecule has 0 saturated carbocycles. The second kappa shape index (κ2) is 5.58. The molecule has 94 valence electrons. The highest BCUT2D eigenvalue weighted by atomic mass is 79.9. The van der Waals surface area contributed by atoms with Crippen molar-refractivity contribution in [2.45, 2.75) is 12.1 Å². The van der Waals surface area contributed by atoms with Crippen LogP contribution in [0.2, 0.25) is 0 Å². The van der Waals surface area contributed by atoms with E-state index in [2.05, 4.69) is 20.9 Å². The molecule has 0 spiro atoms. The zero-order chi connectivity index (χ0) is 13.1. The van der Waals surface area contributed by atoms with Crippen LogP contribution in [0, 0.1) is 6.92 Å². The highest BCUT2D eigenvalue weighted by molar-refractivity contribution is 9.10. The number of thioether (sulfide) groups is 1. The molecule has 0 saturated heterocycles. The Balaban J connectivity index is 2.38. The molecular weight excluding hydrogens is 316 g/mol. The van der Waals surface area contributed by atoms with Crippen molar-refractivity contribution in [2.24, 2.45) is 0 Å². The summed E-state index contributed by atoms with van der Waals surface area (Å²) in [6.07, 6.45) is 1.89. The van der Waals surface area contributed by atoms with Crippen LogP contribution < -0.4 is 0 Å². The molecule has 2 aromatic rings. The summed E-state index contributed by atoms with van der Waals surface area (Å²) in [5, 5.41) is 9.41. The fourth-order valence-corrected chi connectivity index (χ4v) is 2.75. The summed E-state index contributed by atoms with van der Waals surface area (Å²) in [4.78, 5) is 15.0. The standard InChI is InChI=1S/C12H11BrN2O2S/c1-8-6-15(10-5-3-2-4-9(10)13)12(14-8)18-7-11(16)17/h2-6H,7H2,1H3,(H,16,17). The van der Waals surface area contributed by atoms with Crippen LogP contribution in [0.4, 0.5) is 0 Å². The summed E-state index contributed by atoms with van der Waals surface area (Å²) in [6, 6.07) is 7.76. The van der Waals surface area contributed by atoms with E-state index in [-0.39, 0.29) is 5.75 Å². The number of carboxylic acid groups (broad SMARTS) is 1. The van der Waals surface area contributed by atoms with Gasteiger partial charge in [0.15, 0.2) is 5.16 Å². The van der Waals surface area contributed by atoms with Crippen molar-refractivity contribution in [3.8, 4) is 5.69 Å². The number of aromatic nitrogens is 2. The zero-order valence-corrected chi connectivity index (χ0v) is 12.0. The number of hydrogen-bond acceptors (Lipinski definition) is 3. The fraction of sp³-hybridized carbons (Fsp3) is 0.167. The van der Waals surface area contributed by atoms with Crippen LogP contribution in [-0.2, 0) is 4.79 Å². The molecule has 0 amide bonds. The predicted octanol–water partition coefficient (Wildman–Crippen LogP) is 3.12. The number of benzene rings is 1. The topological polar surface area (TPSA) is 55.1 Å². The molecule has 1 aromatic heterocycles. The minimum Gasteiger partial charge on any atom is -0.481 e. The summed E-state index contributed by atoms with van der Waals surface area (Å²) in [5.74, 6) is -0.847. The highest BCUT2D eigenvalue weighted by Gasteiger charge is 2.11. The Bertz CT molecular complexity index is 583. The number of hydrogen-bond donors (Lipinski definition) is 1. The number of carboxylic acids is 1. The number of carbonyl (C=O) groups is 1. The number of halogens is 1. The molecular formula is C12H11BrN2O2S. The van der Waals surface area contributed by atoms with Crippen molar-refractivity contribution in [1.82, 2.24) is 9.55 Å². The molecule has 6 heteroatoms. The van der Waals surface area contributed by atoms with Crippen molar-refractivity contribution in [2.75, 3.05) is 5.75 Å². The lowest BCUT2D eigenvalue weighted by atomic mass is 10.3. The van der Waals surface area contributed by atoms with E-state index in [1.807, 2.05) is 42.0 Å². The van der Waals surface area contributed by atoms with Gasteiger partial charge in [0.1, 0.15) is 0 Å². The Labute approximate surface area is 117 Å². The molecule has 1 aromatic carbocycles. The lowest BCUT2D eigenvalue weighted by molar-refractivity contribution is -0.133. The van der Waals surface area contributed by atoms with Crippen molar-refractivity contribution in [3.63, 3.8) is 0 Å². The molecule has 0 bridgehead atoms. The second-order valence-corrected chi connectivity index (χ2v) is 5.47. The monoisotopic (exact) mass is 326 g/mol. The molecule has 0 atom stereocenters. The van der Waals surface area contributed by atoms with Gasteiger partial charge in [-0.1, -0.05) is 23.9 Å². The van der Waals surface area contributed by atoms with E-state index in [0.29, 0.717) is 5.16 Å². The van der Waals surface area contributed by atoms with E-state index in [0.717, 1.165) is 15.9 Å². The first-order chi connectivity index (χ1) is 8.58. The lowest BCUT2D eigenvalue weighted by Crippen LogP contribution is -2.01. The van der Waals surface area contributed by atoms with Crippen molar-refractivity contribution < 1.29 is 9.90 Å². The third kappa shape index (κ3) is 2.94. The smallest absolute Gasteiger partial charge is 0.313 e. The second-order valence-electron chi connectivity index (χ2n) is 3.67. The molecule has 0 fully saturated rings. The van der Waals surface area contributed by atoms with Gasteiger partial charge in [-0.3, -0.25) is 9.36 Å². The number of imidazole rings is 1. The van der Waals surface area contributed by atoms with Gasteiger partial charge in [0.25, 0.3) is 0 Å². The minimum absolute atomic E-state index is 0.000899. The Morgan fingerprint density at radius 1 is 1.50 bits per heavy atom. The van der Waals surface area contributed by atoms with Crippen LogP contribution in [0.3, 0.4) is 0 Å². The van der Waals surface area contributed by atoms with Gasteiger partial charge in [0, 0.05) is 10.7 Å². The van der Waals surface area contributed by atoms with E-state index >= 15 is 0 Å². The predicted molar refractivity (Wildman–Crippen MR) is 74.4 cm³/mol. The Morgan fingerprint density at radius 2 is 2.22 bits per heavy atom. The Morgan fingerprint density at radius 3 is 2.89 bits per heavy atom. The van der Waals surface area contributed by atoms with Gasteiger partial charge in [-0.25, -0.2) is 4.98 Å². The van der Waals surface area contributed by atoms with Gasteiger partial charge >= 0.3 is 5.97 Å². The third-order valence-electron chi connectivity index (χ3n) is 2.23. The molecule has 0 aliphatic heterocycles. The minimum atomic E-state index is -0.848. The van der Waals surface area contributed by atoms with Crippen LogP contribution in [-0.4, -0.2) is 26.4 Å². The van der Waals surface area contributed by atoms with Gasteiger partial charge < -0.3 is 5.11 Å². The van der Waals surface area contributed by atoms with Crippen LogP contribution in [0.1, 0.15) is 5.69 Å². The maximum atomic E-state index is 10.6. The first-order valence-electron chi connectivity index (χ1n) is 5.23. The van der Waals surface area contributed by atoms with E-state index in [1.54, 1.807) is 0 Å². The average Bonchev–Trinajstić information content (AvgIpc) is 2.68. The first kappa shape index (κ1) is 13.2. The van der Waals surface area contributed by atoms with Gasteiger partial charge in [-0.15, -0.1) is 0 Å². The van der Waals surface area contributed by atoms with E-state index in [4.69, 9.17) is 5.11 Å². The van der Waals surface area contributed by atoms with Crippen LogP contribution in [0.25, 0.3) is 5.69 Å². The molecule has 1 N–H and O–H groups in total. The summed E-state index contributed by atoms with van der Waals surface area (Å²) < 4.78 is 2.84. The van der Waals surface area contributed by atoms with Gasteiger partial charge in [-0.05, 0) is 35.0 Å². The number of aryl methyl sites for hydroxylation is 1. The van der Waals surface area contributed by atoms with Crippen molar-refractivity contribution >= 4 is 33.7 Å². The largest absolute Gasteiger partial charge is 0.481 e. The van der Waals surface area contributed by atoms with Gasteiger partial charge in [0.2, 0.25) is 0 Å². The molecule has 18 heavy (non-hydrogen) atoms. The van der Waals surface area contributed by atoms with Crippen LogP contribution in [0.15, 0.2) is 40.1 Å². The normalized spacial score (nSPS) is 10.6. The Hall–Kier alpha value is -1.27. The van der Waals surface area contributed by atoms with E-state index in [9.17, 15) is 4.79 Å². The Kier molecular flexibility index (Phi) is 4.08. The number of nitrogens with zero attached hydrogens (tertiary/aromatic N) is 2. The number of rotatable bonds is 4. The molecule has 0 unspecified atom stereocenters. The third-order valence-corrected chi connectivity index (χ3v) is 3.84. The van der Waals surface area contributed by atoms with Crippen LogP contribution >= 0.6 is 27.7 Å². The van der Waals surface area contributed by atoms with Gasteiger partial charge in [-0.2, -0.15) is 0 Å². The van der Waals surface area contributed by atoms with Crippen LogP contribution in [0.5, 0.6) is 0 Å². The maximum absolute atomic E-state index is 10.6.